The normalized spacial score (nSPS) is 18.7. The van der Waals surface area contributed by atoms with E-state index in [-0.39, 0.29) is 25.0 Å². The van der Waals surface area contributed by atoms with Crippen LogP contribution in [0, 0.1) is 11.3 Å². The Morgan fingerprint density at radius 3 is 2.80 bits per heavy atom. The van der Waals surface area contributed by atoms with Crippen molar-refractivity contribution in [3.8, 4) is 0 Å². The second-order valence-electron chi connectivity index (χ2n) is 7.06. The third-order valence-electron chi connectivity index (χ3n) is 4.82. The summed E-state index contributed by atoms with van der Waals surface area (Å²) in [6, 6.07) is 0. The zero-order valence-electron chi connectivity index (χ0n) is 14.3. The summed E-state index contributed by atoms with van der Waals surface area (Å²) in [5, 5.41) is 19.0. The molecule has 1 fully saturated rings. The summed E-state index contributed by atoms with van der Waals surface area (Å²) in [4.78, 5) is 26.7. The van der Waals surface area contributed by atoms with Crippen molar-refractivity contribution in [3.05, 3.63) is 12.7 Å². The van der Waals surface area contributed by atoms with Gasteiger partial charge in [0, 0.05) is 25.0 Å². The number of hydrogen-bond acceptors (Lipinski definition) is 7. The smallest absolute Gasteiger partial charge is 0.222 e. The summed E-state index contributed by atoms with van der Waals surface area (Å²) in [7, 11) is 0. The molecule has 1 aliphatic heterocycles. The molecule has 0 radical (unpaired) electrons. The van der Waals surface area contributed by atoms with Crippen molar-refractivity contribution in [2.75, 3.05) is 31.2 Å². The van der Waals surface area contributed by atoms with Crippen LogP contribution in [0.1, 0.15) is 19.8 Å². The van der Waals surface area contributed by atoms with Gasteiger partial charge >= 0.3 is 0 Å². The van der Waals surface area contributed by atoms with Gasteiger partial charge in [-0.15, -0.1) is 0 Å². The Morgan fingerprint density at radius 1 is 1.36 bits per heavy atom. The van der Waals surface area contributed by atoms with Crippen LogP contribution in [-0.4, -0.2) is 61.9 Å². The predicted molar refractivity (Wildman–Crippen MR) is 91.7 cm³/mol. The monoisotopic (exact) mass is 348 g/mol. The molecule has 1 aliphatic rings. The number of primary amides is 1. The molecule has 2 aromatic rings. The predicted octanol–water partition coefficient (Wildman–Crippen LogP) is -0.481. The molecule has 4 N–H and O–H groups in total. The SMILES string of the molecule is CC(CO)(CO)Cn1cnc2c(N3CCCC(C(N)=O)C3)ncnc21. The highest BCUT2D eigenvalue weighted by Crippen LogP contribution is 2.28. The van der Waals surface area contributed by atoms with E-state index in [1.807, 2.05) is 9.47 Å². The maximum absolute atomic E-state index is 11.5. The molecule has 9 nitrogen and oxygen atoms in total. The number of anilines is 1. The number of aliphatic hydroxyl groups excluding tert-OH is 2. The standard InChI is InChI=1S/C16H24N6O3/c1-16(7-23,8-24)6-22-10-20-12-14(18-9-19-15(12)22)21-4-2-3-11(5-21)13(17)25/h9-11,23-24H,2-8H2,1H3,(H2,17,25). The van der Waals surface area contributed by atoms with Crippen molar-refractivity contribution in [1.29, 1.82) is 0 Å². The number of carbonyl (C=O) groups is 1. The number of imidazole rings is 1. The third-order valence-corrected chi connectivity index (χ3v) is 4.82. The lowest BCUT2D eigenvalue weighted by atomic mass is 9.93. The lowest BCUT2D eigenvalue weighted by molar-refractivity contribution is -0.122. The van der Waals surface area contributed by atoms with Gasteiger partial charge in [-0.05, 0) is 12.8 Å². The Kier molecular flexibility index (Phi) is 4.87. The van der Waals surface area contributed by atoms with Crippen LogP contribution in [0.3, 0.4) is 0 Å². The number of aromatic nitrogens is 4. The molecule has 0 spiro atoms. The van der Waals surface area contributed by atoms with E-state index in [1.54, 1.807) is 13.3 Å². The van der Waals surface area contributed by atoms with Gasteiger partial charge in [0.2, 0.25) is 5.91 Å². The number of piperidine rings is 1. The molecule has 0 aromatic carbocycles. The van der Waals surface area contributed by atoms with Gasteiger partial charge in [-0.3, -0.25) is 4.79 Å². The van der Waals surface area contributed by atoms with E-state index in [2.05, 4.69) is 15.0 Å². The Balaban J connectivity index is 1.92. The molecule has 9 heteroatoms. The van der Waals surface area contributed by atoms with Crippen molar-refractivity contribution >= 4 is 22.9 Å². The van der Waals surface area contributed by atoms with Crippen molar-refractivity contribution < 1.29 is 15.0 Å². The minimum atomic E-state index is -0.666. The van der Waals surface area contributed by atoms with E-state index in [4.69, 9.17) is 5.73 Å². The lowest BCUT2D eigenvalue weighted by Crippen LogP contribution is -2.41. The summed E-state index contributed by atoms with van der Waals surface area (Å²) in [6.07, 6.45) is 4.77. The van der Waals surface area contributed by atoms with Crippen molar-refractivity contribution in [2.45, 2.75) is 26.3 Å². The quantitative estimate of drug-likeness (QED) is 0.642. The average molecular weight is 348 g/mol. The second kappa shape index (κ2) is 6.93. The Labute approximate surface area is 145 Å². The fourth-order valence-corrected chi connectivity index (χ4v) is 3.18. The third kappa shape index (κ3) is 3.42. The Bertz CT molecular complexity index is 757. The molecule has 0 bridgehead atoms. The van der Waals surface area contributed by atoms with Gasteiger partial charge in [-0.2, -0.15) is 0 Å². The highest BCUT2D eigenvalue weighted by atomic mass is 16.3. The number of amides is 1. The van der Waals surface area contributed by atoms with E-state index in [1.165, 1.54) is 6.33 Å². The average Bonchev–Trinajstić information content (AvgIpc) is 3.04. The molecule has 2 aromatic heterocycles. The molecule has 0 saturated carbocycles. The highest BCUT2D eigenvalue weighted by molar-refractivity contribution is 5.84. The molecule has 136 valence electrons. The summed E-state index contributed by atoms with van der Waals surface area (Å²) < 4.78 is 1.81. The molecule has 0 aliphatic carbocycles. The van der Waals surface area contributed by atoms with Gasteiger partial charge in [0.1, 0.15) is 6.33 Å². The van der Waals surface area contributed by atoms with Crippen LogP contribution in [0.5, 0.6) is 0 Å². The molecular weight excluding hydrogens is 324 g/mol. The molecule has 1 atom stereocenters. The first-order chi connectivity index (χ1) is 12.0. The zero-order valence-corrected chi connectivity index (χ0v) is 14.3. The largest absolute Gasteiger partial charge is 0.396 e. The van der Waals surface area contributed by atoms with Crippen LogP contribution in [0.2, 0.25) is 0 Å². The van der Waals surface area contributed by atoms with Crippen molar-refractivity contribution in [3.63, 3.8) is 0 Å². The van der Waals surface area contributed by atoms with Crippen molar-refractivity contribution in [1.82, 2.24) is 19.5 Å². The van der Waals surface area contributed by atoms with E-state index in [0.717, 1.165) is 19.4 Å². The van der Waals surface area contributed by atoms with Gasteiger partial charge in [-0.1, -0.05) is 6.92 Å². The summed E-state index contributed by atoms with van der Waals surface area (Å²) in [5.41, 5.74) is 6.08. The highest BCUT2D eigenvalue weighted by Gasteiger charge is 2.28. The number of carbonyl (C=O) groups excluding carboxylic acids is 1. The Hall–Kier alpha value is -2.26. The van der Waals surface area contributed by atoms with E-state index in [9.17, 15) is 15.0 Å². The summed E-state index contributed by atoms with van der Waals surface area (Å²) in [6.45, 7) is 3.20. The number of rotatable bonds is 6. The van der Waals surface area contributed by atoms with Crippen LogP contribution >= 0.6 is 0 Å². The number of hydrogen-bond donors (Lipinski definition) is 3. The van der Waals surface area contributed by atoms with Gasteiger partial charge < -0.3 is 25.4 Å². The van der Waals surface area contributed by atoms with Gasteiger partial charge in [0.25, 0.3) is 0 Å². The topological polar surface area (TPSA) is 130 Å². The molecule has 3 heterocycles. The van der Waals surface area contributed by atoms with E-state index >= 15 is 0 Å². The Morgan fingerprint density at radius 2 is 2.12 bits per heavy atom. The minimum Gasteiger partial charge on any atom is -0.396 e. The number of nitrogens with zero attached hydrogens (tertiary/aromatic N) is 5. The maximum Gasteiger partial charge on any atom is 0.222 e. The van der Waals surface area contributed by atoms with Crippen LogP contribution < -0.4 is 10.6 Å². The molecular formula is C16H24N6O3. The van der Waals surface area contributed by atoms with Gasteiger partial charge in [0.05, 0.1) is 25.5 Å². The van der Waals surface area contributed by atoms with Crippen LogP contribution in [0.25, 0.3) is 11.2 Å². The fourth-order valence-electron chi connectivity index (χ4n) is 3.18. The first kappa shape index (κ1) is 17.6. The fraction of sp³-hybridized carbons (Fsp3) is 0.625. The van der Waals surface area contributed by atoms with E-state index < -0.39 is 5.41 Å². The number of aliphatic hydroxyl groups is 2. The van der Waals surface area contributed by atoms with Gasteiger partial charge in [0.15, 0.2) is 17.0 Å². The number of nitrogens with two attached hydrogens (primary N) is 1. The maximum atomic E-state index is 11.5. The number of fused-ring (bicyclic) bond motifs is 1. The van der Waals surface area contributed by atoms with Crippen LogP contribution in [0.4, 0.5) is 5.82 Å². The molecule has 1 saturated heterocycles. The summed E-state index contributed by atoms with van der Waals surface area (Å²) >= 11 is 0. The minimum absolute atomic E-state index is 0.145. The van der Waals surface area contributed by atoms with Crippen molar-refractivity contribution in [2.24, 2.45) is 17.1 Å². The zero-order chi connectivity index (χ0) is 18.0. The van der Waals surface area contributed by atoms with E-state index in [0.29, 0.717) is 30.1 Å². The lowest BCUT2D eigenvalue weighted by Gasteiger charge is -2.32. The van der Waals surface area contributed by atoms with Gasteiger partial charge in [-0.25, -0.2) is 15.0 Å². The van der Waals surface area contributed by atoms with Crippen LogP contribution in [0.15, 0.2) is 12.7 Å². The first-order valence-corrected chi connectivity index (χ1v) is 8.39. The molecule has 3 rings (SSSR count). The molecule has 25 heavy (non-hydrogen) atoms. The molecule has 1 amide bonds. The molecule has 1 unspecified atom stereocenters. The summed E-state index contributed by atoms with van der Waals surface area (Å²) in [5.74, 6) is 0.208. The second-order valence-corrected chi connectivity index (χ2v) is 7.06. The first-order valence-electron chi connectivity index (χ1n) is 8.39. The van der Waals surface area contributed by atoms with Crippen LogP contribution in [-0.2, 0) is 11.3 Å².